The van der Waals surface area contributed by atoms with Crippen LogP contribution in [0.4, 0.5) is 11.6 Å². The Balaban J connectivity index is 1.40. The van der Waals surface area contributed by atoms with E-state index in [1.807, 2.05) is 6.07 Å². The minimum Gasteiger partial charge on any atom is -0.381 e. The fourth-order valence-electron chi connectivity index (χ4n) is 2.89. The highest BCUT2D eigenvalue weighted by Crippen LogP contribution is 2.16. The number of nitrogens with zero attached hydrogens (tertiary/aromatic N) is 3. The van der Waals surface area contributed by atoms with Crippen LogP contribution in [0, 0.1) is 5.92 Å². The Labute approximate surface area is 141 Å². The van der Waals surface area contributed by atoms with E-state index in [9.17, 15) is 4.79 Å². The van der Waals surface area contributed by atoms with Crippen LogP contribution < -0.4 is 15.5 Å². The lowest BCUT2D eigenvalue weighted by Crippen LogP contribution is -2.37. The third kappa shape index (κ3) is 4.78. The van der Waals surface area contributed by atoms with Gasteiger partial charge in [-0.3, -0.25) is 4.79 Å². The number of ether oxygens (including phenoxy) is 2. The molecule has 0 saturated carbocycles. The molecule has 0 spiro atoms. The summed E-state index contributed by atoms with van der Waals surface area (Å²) in [4.78, 5) is 22.8. The van der Waals surface area contributed by atoms with Gasteiger partial charge in [0.1, 0.15) is 18.0 Å². The molecule has 1 amide bonds. The molecule has 0 radical (unpaired) electrons. The van der Waals surface area contributed by atoms with Gasteiger partial charge < -0.3 is 25.0 Å². The second-order valence-corrected chi connectivity index (χ2v) is 5.97. The maximum atomic E-state index is 12.0. The highest BCUT2D eigenvalue weighted by atomic mass is 16.5. The molecule has 0 bridgehead atoms. The highest BCUT2D eigenvalue weighted by molar-refractivity contribution is 5.78. The summed E-state index contributed by atoms with van der Waals surface area (Å²) in [5.41, 5.74) is 0. The van der Waals surface area contributed by atoms with E-state index >= 15 is 0 Å². The summed E-state index contributed by atoms with van der Waals surface area (Å²) in [6.07, 6.45) is 3.19. The normalized spacial score (nSPS) is 19.1. The van der Waals surface area contributed by atoms with Crippen molar-refractivity contribution in [2.24, 2.45) is 5.92 Å². The van der Waals surface area contributed by atoms with Crippen LogP contribution in [0.25, 0.3) is 0 Å². The number of morpholine rings is 1. The van der Waals surface area contributed by atoms with Gasteiger partial charge in [-0.1, -0.05) is 0 Å². The van der Waals surface area contributed by atoms with Gasteiger partial charge in [-0.15, -0.1) is 0 Å². The number of amides is 1. The van der Waals surface area contributed by atoms with Crippen LogP contribution in [0.5, 0.6) is 0 Å². The molecule has 1 aromatic rings. The van der Waals surface area contributed by atoms with Gasteiger partial charge >= 0.3 is 0 Å². The molecule has 8 nitrogen and oxygen atoms in total. The average molecular weight is 335 g/mol. The van der Waals surface area contributed by atoms with E-state index in [1.54, 1.807) is 6.33 Å². The van der Waals surface area contributed by atoms with Gasteiger partial charge in [-0.05, 0) is 12.8 Å². The number of anilines is 2. The zero-order chi connectivity index (χ0) is 16.6. The molecule has 132 valence electrons. The lowest BCUT2D eigenvalue weighted by Gasteiger charge is -2.27. The van der Waals surface area contributed by atoms with E-state index in [1.165, 1.54) is 0 Å². The summed E-state index contributed by atoms with van der Waals surface area (Å²) in [5.74, 6) is 1.89. The zero-order valence-corrected chi connectivity index (χ0v) is 13.9. The molecule has 3 heterocycles. The van der Waals surface area contributed by atoms with Crippen molar-refractivity contribution in [3.05, 3.63) is 12.4 Å². The number of carbonyl (C=O) groups is 1. The highest BCUT2D eigenvalue weighted by Gasteiger charge is 2.20. The Hall–Kier alpha value is -1.93. The van der Waals surface area contributed by atoms with Crippen molar-refractivity contribution in [1.82, 2.24) is 15.3 Å². The number of hydrogen-bond acceptors (Lipinski definition) is 7. The van der Waals surface area contributed by atoms with Crippen LogP contribution in [0.1, 0.15) is 12.8 Å². The number of nitrogens with one attached hydrogen (secondary N) is 2. The van der Waals surface area contributed by atoms with E-state index in [-0.39, 0.29) is 11.8 Å². The molecule has 0 atom stereocenters. The topological polar surface area (TPSA) is 88.6 Å². The summed E-state index contributed by atoms with van der Waals surface area (Å²) >= 11 is 0. The van der Waals surface area contributed by atoms with E-state index in [2.05, 4.69) is 25.5 Å². The van der Waals surface area contributed by atoms with Crippen molar-refractivity contribution >= 4 is 17.5 Å². The van der Waals surface area contributed by atoms with Crippen molar-refractivity contribution < 1.29 is 14.3 Å². The predicted octanol–water partition coefficient (Wildman–Crippen LogP) is 0.268. The lowest BCUT2D eigenvalue weighted by molar-refractivity contribution is -0.127. The molecule has 0 unspecified atom stereocenters. The van der Waals surface area contributed by atoms with E-state index in [0.29, 0.717) is 26.3 Å². The monoisotopic (exact) mass is 335 g/mol. The van der Waals surface area contributed by atoms with Crippen molar-refractivity contribution in [3.63, 3.8) is 0 Å². The molecule has 2 N–H and O–H groups in total. The SMILES string of the molecule is O=C(NCCNc1cc(N2CCOCC2)ncn1)C1CCOCC1. The molecule has 8 heteroatoms. The third-order valence-corrected chi connectivity index (χ3v) is 4.31. The van der Waals surface area contributed by atoms with Gasteiger partial charge in [0.15, 0.2) is 0 Å². The molecule has 2 aliphatic heterocycles. The second-order valence-electron chi connectivity index (χ2n) is 5.97. The van der Waals surface area contributed by atoms with Gasteiger partial charge in [0.2, 0.25) is 5.91 Å². The van der Waals surface area contributed by atoms with Gasteiger partial charge in [0.25, 0.3) is 0 Å². The Bertz CT molecular complexity index is 530. The number of hydrogen-bond donors (Lipinski definition) is 2. The summed E-state index contributed by atoms with van der Waals surface area (Å²) in [6.45, 7) is 5.72. The fraction of sp³-hybridized carbons (Fsp3) is 0.688. The minimum atomic E-state index is 0.0886. The standard InChI is InChI=1S/C16H25N5O3/c22-16(13-1-7-23-8-2-13)18-4-3-17-14-11-15(20-12-19-14)21-5-9-24-10-6-21/h11-13H,1-10H2,(H,18,22)(H,17,19,20). The van der Waals surface area contributed by atoms with Crippen LogP contribution >= 0.6 is 0 Å². The van der Waals surface area contributed by atoms with E-state index < -0.39 is 0 Å². The van der Waals surface area contributed by atoms with Crippen LogP contribution in [-0.4, -0.2) is 68.5 Å². The van der Waals surface area contributed by atoms with E-state index in [0.717, 1.165) is 50.8 Å². The number of rotatable bonds is 6. The number of carbonyl (C=O) groups excluding carboxylic acids is 1. The lowest BCUT2D eigenvalue weighted by atomic mass is 9.99. The van der Waals surface area contributed by atoms with Crippen molar-refractivity contribution in [3.8, 4) is 0 Å². The largest absolute Gasteiger partial charge is 0.381 e. The smallest absolute Gasteiger partial charge is 0.223 e. The van der Waals surface area contributed by atoms with Crippen LogP contribution in [0.3, 0.4) is 0 Å². The van der Waals surface area contributed by atoms with Crippen LogP contribution in [-0.2, 0) is 14.3 Å². The Kier molecular flexibility index (Phi) is 6.20. The molecule has 1 aromatic heterocycles. The van der Waals surface area contributed by atoms with Crippen molar-refractivity contribution in [1.29, 1.82) is 0 Å². The molecule has 2 aliphatic rings. The maximum absolute atomic E-state index is 12.0. The first-order chi connectivity index (χ1) is 11.8. The molecule has 2 saturated heterocycles. The summed E-state index contributed by atoms with van der Waals surface area (Å²) in [5, 5.41) is 6.21. The molecular weight excluding hydrogens is 310 g/mol. The molecule has 0 aliphatic carbocycles. The second kappa shape index (κ2) is 8.79. The zero-order valence-electron chi connectivity index (χ0n) is 13.9. The average Bonchev–Trinajstić information content (AvgIpc) is 2.67. The van der Waals surface area contributed by atoms with Gasteiger partial charge in [-0.2, -0.15) is 0 Å². The first-order valence-corrected chi connectivity index (χ1v) is 8.57. The maximum Gasteiger partial charge on any atom is 0.223 e. The Morgan fingerprint density at radius 2 is 1.88 bits per heavy atom. The molecule has 0 aromatic carbocycles. The van der Waals surface area contributed by atoms with Gasteiger partial charge in [-0.25, -0.2) is 9.97 Å². The van der Waals surface area contributed by atoms with Crippen LogP contribution in [0.2, 0.25) is 0 Å². The van der Waals surface area contributed by atoms with Gasteiger partial charge in [0.05, 0.1) is 13.2 Å². The summed E-state index contributed by atoms with van der Waals surface area (Å²) in [7, 11) is 0. The summed E-state index contributed by atoms with van der Waals surface area (Å²) < 4.78 is 10.6. The van der Waals surface area contributed by atoms with Crippen molar-refractivity contribution in [2.75, 3.05) is 62.8 Å². The molecular formula is C16H25N5O3. The molecule has 2 fully saturated rings. The third-order valence-electron chi connectivity index (χ3n) is 4.31. The quantitative estimate of drug-likeness (QED) is 0.721. The van der Waals surface area contributed by atoms with Crippen LogP contribution in [0.15, 0.2) is 12.4 Å². The fourth-order valence-corrected chi connectivity index (χ4v) is 2.89. The first-order valence-electron chi connectivity index (χ1n) is 8.57. The first kappa shape index (κ1) is 16.9. The van der Waals surface area contributed by atoms with Gasteiger partial charge in [0, 0.05) is 51.4 Å². The Morgan fingerprint density at radius 1 is 1.12 bits per heavy atom. The Morgan fingerprint density at radius 3 is 2.67 bits per heavy atom. The molecule has 3 rings (SSSR count). The summed E-state index contributed by atoms with van der Waals surface area (Å²) in [6, 6.07) is 1.94. The van der Waals surface area contributed by atoms with E-state index in [4.69, 9.17) is 9.47 Å². The predicted molar refractivity (Wildman–Crippen MR) is 90.1 cm³/mol. The molecule has 24 heavy (non-hydrogen) atoms. The number of aromatic nitrogens is 2. The van der Waals surface area contributed by atoms with Crippen molar-refractivity contribution in [2.45, 2.75) is 12.8 Å². The minimum absolute atomic E-state index is 0.0886.